The maximum absolute atomic E-state index is 5.18. The Morgan fingerprint density at radius 1 is 1.27 bits per heavy atom. The van der Waals surface area contributed by atoms with E-state index < -0.39 is 0 Å². The fraction of sp³-hybridized carbons (Fsp3) is 0.667. The fourth-order valence-electron chi connectivity index (χ4n) is 3.02. The van der Waals surface area contributed by atoms with E-state index in [1.807, 2.05) is 4.68 Å². The molecule has 0 radical (unpaired) electrons. The molecule has 0 amide bonds. The zero-order valence-corrected chi connectivity index (χ0v) is 13.8. The molecule has 3 rings (SSSR count). The van der Waals surface area contributed by atoms with E-state index in [1.165, 1.54) is 30.6 Å². The molecule has 0 aliphatic carbocycles. The van der Waals surface area contributed by atoms with Gasteiger partial charge in [-0.05, 0) is 47.8 Å². The van der Waals surface area contributed by atoms with Gasteiger partial charge in [0.25, 0.3) is 0 Å². The van der Waals surface area contributed by atoms with Gasteiger partial charge in [-0.1, -0.05) is 18.9 Å². The number of rotatable bonds is 6. The monoisotopic (exact) mass is 321 g/mol. The van der Waals surface area contributed by atoms with Gasteiger partial charge in [-0.2, -0.15) is 0 Å². The third kappa shape index (κ3) is 3.53. The summed E-state index contributed by atoms with van der Waals surface area (Å²) < 4.78 is 7.07. The lowest BCUT2D eigenvalue weighted by Crippen LogP contribution is -2.32. The van der Waals surface area contributed by atoms with Crippen molar-refractivity contribution in [3.63, 3.8) is 0 Å². The smallest absolute Gasteiger partial charge is 0.173 e. The standard InChI is InChI=1S/C15H23N5OS/c1-21-11-10-20-15(16-17-18-20)14(13-7-6-12-22-13)19-8-4-2-3-5-9-19/h6-7,12,14H,2-5,8-11H2,1H3/t14-/m1/s1. The predicted molar refractivity (Wildman–Crippen MR) is 85.9 cm³/mol. The van der Waals surface area contributed by atoms with Crippen LogP contribution in [0.15, 0.2) is 17.5 Å². The van der Waals surface area contributed by atoms with Crippen molar-refractivity contribution < 1.29 is 4.74 Å². The molecular weight excluding hydrogens is 298 g/mol. The van der Waals surface area contributed by atoms with Gasteiger partial charge in [-0.3, -0.25) is 4.90 Å². The Morgan fingerprint density at radius 2 is 2.09 bits per heavy atom. The van der Waals surface area contributed by atoms with Crippen molar-refractivity contribution in [2.75, 3.05) is 26.8 Å². The second-order valence-electron chi connectivity index (χ2n) is 5.62. The van der Waals surface area contributed by atoms with E-state index in [0.29, 0.717) is 13.2 Å². The molecule has 120 valence electrons. The van der Waals surface area contributed by atoms with Crippen LogP contribution in [0.25, 0.3) is 0 Å². The summed E-state index contributed by atoms with van der Waals surface area (Å²) in [7, 11) is 1.70. The molecule has 0 N–H and O–H groups in total. The normalized spacial score (nSPS) is 18.2. The number of tetrazole rings is 1. The van der Waals surface area contributed by atoms with Gasteiger partial charge in [0.2, 0.25) is 0 Å². The summed E-state index contributed by atoms with van der Waals surface area (Å²) in [5.74, 6) is 0.932. The van der Waals surface area contributed by atoms with Gasteiger partial charge in [0.05, 0.1) is 13.2 Å². The van der Waals surface area contributed by atoms with Crippen molar-refractivity contribution in [1.29, 1.82) is 0 Å². The van der Waals surface area contributed by atoms with E-state index in [1.54, 1.807) is 18.4 Å². The Hall–Kier alpha value is -1.31. The molecule has 1 saturated heterocycles. The van der Waals surface area contributed by atoms with Gasteiger partial charge in [-0.25, -0.2) is 4.68 Å². The fourth-order valence-corrected chi connectivity index (χ4v) is 3.87. The van der Waals surface area contributed by atoms with Crippen LogP contribution in [0.1, 0.15) is 42.4 Å². The zero-order chi connectivity index (χ0) is 15.2. The number of nitrogens with zero attached hydrogens (tertiary/aromatic N) is 5. The minimum absolute atomic E-state index is 0.157. The van der Waals surface area contributed by atoms with Crippen molar-refractivity contribution in [2.45, 2.75) is 38.3 Å². The number of hydrogen-bond donors (Lipinski definition) is 0. The molecule has 0 bridgehead atoms. The van der Waals surface area contributed by atoms with Crippen LogP contribution in [0.5, 0.6) is 0 Å². The molecule has 1 aliphatic heterocycles. The lowest BCUT2D eigenvalue weighted by Gasteiger charge is -2.29. The summed E-state index contributed by atoms with van der Waals surface area (Å²) in [5, 5.41) is 14.5. The summed E-state index contributed by atoms with van der Waals surface area (Å²) >= 11 is 1.78. The van der Waals surface area contributed by atoms with Crippen LogP contribution < -0.4 is 0 Å². The third-order valence-electron chi connectivity index (χ3n) is 4.13. The van der Waals surface area contributed by atoms with Gasteiger partial charge in [-0.15, -0.1) is 16.4 Å². The lowest BCUT2D eigenvalue weighted by molar-refractivity contribution is 0.175. The summed E-state index contributed by atoms with van der Waals surface area (Å²) in [6.07, 6.45) is 5.15. The van der Waals surface area contributed by atoms with Crippen molar-refractivity contribution in [3.8, 4) is 0 Å². The second kappa shape index (κ2) is 7.80. The van der Waals surface area contributed by atoms with E-state index in [0.717, 1.165) is 18.9 Å². The van der Waals surface area contributed by atoms with Crippen molar-refractivity contribution >= 4 is 11.3 Å². The molecule has 6 nitrogen and oxygen atoms in total. The van der Waals surface area contributed by atoms with Crippen LogP contribution in [-0.4, -0.2) is 51.9 Å². The van der Waals surface area contributed by atoms with E-state index in [4.69, 9.17) is 4.74 Å². The molecule has 2 aromatic rings. The van der Waals surface area contributed by atoms with Crippen LogP contribution >= 0.6 is 11.3 Å². The molecule has 3 heterocycles. The maximum Gasteiger partial charge on any atom is 0.173 e. The molecule has 2 aromatic heterocycles. The average molecular weight is 321 g/mol. The van der Waals surface area contributed by atoms with Crippen LogP contribution in [0.4, 0.5) is 0 Å². The van der Waals surface area contributed by atoms with Crippen molar-refractivity contribution in [3.05, 3.63) is 28.2 Å². The number of ether oxygens (including phenoxy) is 1. The molecule has 22 heavy (non-hydrogen) atoms. The number of hydrogen-bond acceptors (Lipinski definition) is 6. The summed E-state index contributed by atoms with van der Waals surface area (Å²) in [4.78, 5) is 3.85. The molecule has 0 aromatic carbocycles. The second-order valence-corrected chi connectivity index (χ2v) is 6.60. The molecule has 1 atom stereocenters. The van der Waals surface area contributed by atoms with Gasteiger partial charge in [0.1, 0.15) is 6.04 Å². The maximum atomic E-state index is 5.18. The quantitative estimate of drug-likeness (QED) is 0.817. The molecule has 0 unspecified atom stereocenters. The largest absolute Gasteiger partial charge is 0.383 e. The summed E-state index contributed by atoms with van der Waals surface area (Å²) in [5.41, 5.74) is 0. The highest BCUT2D eigenvalue weighted by Crippen LogP contribution is 2.32. The van der Waals surface area contributed by atoms with Crippen LogP contribution in [0, 0.1) is 0 Å². The highest BCUT2D eigenvalue weighted by Gasteiger charge is 2.28. The van der Waals surface area contributed by atoms with Crippen LogP contribution in [0.3, 0.4) is 0 Å². The average Bonchev–Trinajstić information content (AvgIpc) is 3.14. The van der Waals surface area contributed by atoms with E-state index >= 15 is 0 Å². The van der Waals surface area contributed by atoms with Crippen LogP contribution in [-0.2, 0) is 11.3 Å². The molecule has 1 fully saturated rings. The van der Waals surface area contributed by atoms with E-state index in [2.05, 4.69) is 37.9 Å². The van der Waals surface area contributed by atoms with Gasteiger partial charge < -0.3 is 4.74 Å². The number of aromatic nitrogens is 4. The molecular formula is C15H23N5OS. The molecule has 7 heteroatoms. The minimum Gasteiger partial charge on any atom is -0.383 e. The summed E-state index contributed by atoms with van der Waals surface area (Å²) in [6, 6.07) is 4.45. The Kier molecular flexibility index (Phi) is 5.53. The number of likely N-dealkylation sites (tertiary alicyclic amines) is 1. The highest BCUT2D eigenvalue weighted by atomic mass is 32.1. The first kappa shape index (κ1) is 15.6. The predicted octanol–water partition coefficient (Wildman–Crippen LogP) is 2.35. The van der Waals surface area contributed by atoms with E-state index in [9.17, 15) is 0 Å². The number of thiophene rings is 1. The Labute approximate surface area is 135 Å². The minimum atomic E-state index is 0.157. The lowest BCUT2D eigenvalue weighted by atomic mass is 10.1. The summed E-state index contributed by atoms with van der Waals surface area (Å²) in [6.45, 7) is 3.53. The van der Waals surface area contributed by atoms with Gasteiger partial charge in [0, 0.05) is 12.0 Å². The molecule has 1 aliphatic rings. The SMILES string of the molecule is COCCn1nnnc1[C@@H](c1cccs1)N1CCCCCC1. The topological polar surface area (TPSA) is 56.1 Å². The van der Waals surface area contributed by atoms with Crippen LogP contribution in [0.2, 0.25) is 0 Å². The first-order valence-electron chi connectivity index (χ1n) is 7.92. The molecule has 0 spiro atoms. The third-order valence-corrected chi connectivity index (χ3v) is 5.05. The number of methoxy groups -OCH3 is 1. The molecule has 0 saturated carbocycles. The Morgan fingerprint density at radius 3 is 2.77 bits per heavy atom. The van der Waals surface area contributed by atoms with Gasteiger partial charge >= 0.3 is 0 Å². The van der Waals surface area contributed by atoms with Crippen molar-refractivity contribution in [1.82, 2.24) is 25.1 Å². The Bertz CT molecular complexity index is 548. The van der Waals surface area contributed by atoms with Crippen molar-refractivity contribution in [2.24, 2.45) is 0 Å². The van der Waals surface area contributed by atoms with Gasteiger partial charge in [0.15, 0.2) is 5.82 Å². The van der Waals surface area contributed by atoms with E-state index in [-0.39, 0.29) is 6.04 Å². The Balaban J connectivity index is 1.90. The first-order chi connectivity index (χ1) is 10.9. The zero-order valence-electron chi connectivity index (χ0n) is 13.0. The first-order valence-corrected chi connectivity index (χ1v) is 8.80. The highest BCUT2D eigenvalue weighted by molar-refractivity contribution is 7.10.